The molecule has 2 aromatic carbocycles. The molecule has 1 aliphatic rings. The van der Waals surface area contributed by atoms with E-state index < -0.39 is 11.7 Å². The van der Waals surface area contributed by atoms with Gasteiger partial charge in [0.2, 0.25) is 0 Å². The number of hydrogen-bond donors (Lipinski definition) is 1. The van der Waals surface area contributed by atoms with Gasteiger partial charge in [-0.25, -0.2) is 4.98 Å². The summed E-state index contributed by atoms with van der Waals surface area (Å²) in [5, 5.41) is 1.03. The molecule has 5 nitrogen and oxygen atoms in total. The quantitative estimate of drug-likeness (QED) is 0.334. The summed E-state index contributed by atoms with van der Waals surface area (Å²) in [6.45, 7) is 2.42. The van der Waals surface area contributed by atoms with E-state index in [0.29, 0.717) is 59.5 Å². The van der Waals surface area contributed by atoms with Crippen LogP contribution in [-0.2, 0) is 32.2 Å². The number of aromatic nitrogens is 3. The topological polar surface area (TPSA) is 53.9 Å². The second-order valence-electron chi connectivity index (χ2n) is 8.75. The van der Waals surface area contributed by atoms with Crippen molar-refractivity contribution in [1.29, 1.82) is 0 Å². The highest BCUT2D eigenvalue weighted by Gasteiger charge is 2.30. The highest BCUT2D eigenvalue weighted by Crippen LogP contribution is 2.30. The Bertz CT molecular complexity index is 1460. The lowest BCUT2D eigenvalue weighted by Crippen LogP contribution is -2.36. The average Bonchev–Trinajstić information content (AvgIpc) is 3.27. The van der Waals surface area contributed by atoms with Crippen molar-refractivity contribution in [1.82, 2.24) is 19.4 Å². The second kappa shape index (κ2) is 9.76. The van der Waals surface area contributed by atoms with Crippen molar-refractivity contribution < 1.29 is 13.2 Å². The minimum absolute atomic E-state index is 0.272. The Morgan fingerprint density at radius 3 is 2.50 bits per heavy atom. The summed E-state index contributed by atoms with van der Waals surface area (Å²) in [5.74, 6) is 0.274. The second-order valence-corrected chi connectivity index (χ2v) is 9.57. The number of nitrogens with zero attached hydrogens (tertiary/aromatic N) is 3. The van der Waals surface area contributed by atoms with Gasteiger partial charge < -0.3 is 9.55 Å². The van der Waals surface area contributed by atoms with E-state index in [1.165, 1.54) is 12.1 Å². The Morgan fingerprint density at radius 1 is 1.00 bits per heavy atom. The van der Waals surface area contributed by atoms with Crippen LogP contribution in [0, 0.1) is 0 Å². The standard InChI is InChI=1S/C26H21Cl2F3N4O/c27-21-8-3-16(12-22(21)28)13-35-10-1-2-19(35)14-34-11-9-23-20(15-34)25(36)33-24(32-23)17-4-6-18(7-5-17)26(29,30)31/h1-8,10,12H,9,11,13-15H2,(H,32,33,36). The first-order chi connectivity index (χ1) is 17.2. The van der Waals surface area contributed by atoms with Crippen LogP contribution in [0.2, 0.25) is 10.0 Å². The van der Waals surface area contributed by atoms with Crippen molar-refractivity contribution in [3.05, 3.63) is 109 Å². The number of benzene rings is 2. The van der Waals surface area contributed by atoms with Crippen LogP contribution in [0.1, 0.15) is 28.1 Å². The maximum Gasteiger partial charge on any atom is 0.416 e. The van der Waals surface area contributed by atoms with Crippen LogP contribution in [0.3, 0.4) is 0 Å². The first kappa shape index (κ1) is 24.6. The molecule has 0 aliphatic carbocycles. The van der Waals surface area contributed by atoms with Gasteiger partial charge in [0.05, 0.1) is 26.9 Å². The first-order valence-electron chi connectivity index (χ1n) is 11.3. The molecule has 5 rings (SSSR count). The molecule has 1 N–H and O–H groups in total. The van der Waals surface area contributed by atoms with Crippen LogP contribution < -0.4 is 5.56 Å². The lowest BCUT2D eigenvalue weighted by atomic mass is 10.1. The lowest BCUT2D eigenvalue weighted by molar-refractivity contribution is -0.137. The van der Waals surface area contributed by atoms with Gasteiger partial charge in [-0.15, -0.1) is 0 Å². The van der Waals surface area contributed by atoms with Gasteiger partial charge in [0.1, 0.15) is 5.82 Å². The monoisotopic (exact) mass is 532 g/mol. The average molecular weight is 533 g/mol. The maximum absolute atomic E-state index is 12.9. The third-order valence-electron chi connectivity index (χ3n) is 6.28. The predicted octanol–water partition coefficient (Wildman–Crippen LogP) is 6.17. The molecular weight excluding hydrogens is 512 g/mol. The van der Waals surface area contributed by atoms with Crippen LogP contribution in [-0.4, -0.2) is 26.0 Å². The Morgan fingerprint density at radius 2 is 1.78 bits per heavy atom. The van der Waals surface area contributed by atoms with Gasteiger partial charge in [0, 0.05) is 50.1 Å². The number of rotatable bonds is 5. The molecule has 0 radical (unpaired) electrons. The zero-order chi connectivity index (χ0) is 25.4. The number of nitrogens with one attached hydrogen (secondary N) is 1. The fraction of sp³-hybridized carbons (Fsp3) is 0.231. The number of fused-ring (bicyclic) bond motifs is 1. The number of halogens is 5. The van der Waals surface area contributed by atoms with E-state index in [2.05, 4.69) is 19.4 Å². The molecular formula is C26H21Cl2F3N4O. The van der Waals surface area contributed by atoms with E-state index >= 15 is 0 Å². The first-order valence-corrected chi connectivity index (χ1v) is 12.0. The Kier molecular flexibility index (Phi) is 6.68. The molecule has 0 saturated carbocycles. The number of hydrogen-bond acceptors (Lipinski definition) is 3. The van der Waals surface area contributed by atoms with E-state index in [-0.39, 0.29) is 11.4 Å². The summed E-state index contributed by atoms with van der Waals surface area (Å²) in [4.78, 5) is 22.4. The van der Waals surface area contributed by atoms with E-state index in [9.17, 15) is 18.0 Å². The van der Waals surface area contributed by atoms with E-state index in [1.807, 2.05) is 30.5 Å². The predicted molar refractivity (Wildman–Crippen MR) is 133 cm³/mol. The van der Waals surface area contributed by atoms with E-state index in [1.54, 1.807) is 6.07 Å². The Balaban J connectivity index is 1.31. The fourth-order valence-corrected chi connectivity index (χ4v) is 4.70. The third kappa shape index (κ3) is 5.21. The fourth-order valence-electron chi connectivity index (χ4n) is 4.38. The largest absolute Gasteiger partial charge is 0.416 e. The van der Waals surface area contributed by atoms with Crippen molar-refractivity contribution in [2.24, 2.45) is 0 Å². The highest BCUT2D eigenvalue weighted by molar-refractivity contribution is 6.42. The van der Waals surface area contributed by atoms with Crippen molar-refractivity contribution in [3.63, 3.8) is 0 Å². The zero-order valence-electron chi connectivity index (χ0n) is 18.9. The summed E-state index contributed by atoms with van der Waals surface area (Å²) in [7, 11) is 0. The van der Waals surface area contributed by atoms with Crippen molar-refractivity contribution >= 4 is 23.2 Å². The lowest BCUT2D eigenvalue weighted by Gasteiger charge is -2.28. The molecule has 0 saturated heterocycles. The molecule has 0 amide bonds. The van der Waals surface area contributed by atoms with Crippen LogP contribution in [0.4, 0.5) is 13.2 Å². The number of alkyl halides is 3. The van der Waals surface area contributed by atoms with Gasteiger partial charge in [-0.1, -0.05) is 41.4 Å². The van der Waals surface area contributed by atoms with Crippen LogP contribution >= 0.6 is 23.2 Å². The van der Waals surface area contributed by atoms with E-state index in [4.69, 9.17) is 23.2 Å². The smallest absolute Gasteiger partial charge is 0.346 e. The Labute approximate surface area is 215 Å². The van der Waals surface area contributed by atoms with Gasteiger partial charge >= 0.3 is 6.18 Å². The molecule has 4 aromatic rings. The molecule has 1 aliphatic heterocycles. The van der Waals surface area contributed by atoms with E-state index in [0.717, 1.165) is 23.4 Å². The van der Waals surface area contributed by atoms with Crippen LogP contribution in [0.25, 0.3) is 11.4 Å². The van der Waals surface area contributed by atoms with Crippen molar-refractivity contribution in [3.8, 4) is 11.4 Å². The van der Waals surface area contributed by atoms with Crippen LogP contribution in [0.5, 0.6) is 0 Å². The third-order valence-corrected chi connectivity index (χ3v) is 7.02. The Hall–Kier alpha value is -3.07. The minimum atomic E-state index is -4.42. The summed E-state index contributed by atoms with van der Waals surface area (Å²) in [6.07, 6.45) is -1.85. The van der Waals surface area contributed by atoms with Gasteiger partial charge in [-0.05, 0) is 42.0 Å². The normalized spacial score (nSPS) is 14.1. The van der Waals surface area contributed by atoms with Crippen molar-refractivity contribution in [2.45, 2.75) is 32.2 Å². The molecule has 0 bridgehead atoms. The SMILES string of the molecule is O=c1[nH]c(-c2ccc(C(F)(F)F)cc2)nc2c1CN(Cc1cccn1Cc1ccc(Cl)c(Cl)c1)CC2. The summed E-state index contributed by atoms with van der Waals surface area (Å²) < 4.78 is 40.7. The highest BCUT2D eigenvalue weighted by atomic mass is 35.5. The molecule has 3 heterocycles. The molecule has 0 unspecified atom stereocenters. The summed E-state index contributed by atoms with van der Waals surface area (Å²) in [6, 6.07) is 14.2. The van der Waals surface area contributed by atoms with Gasteiger partial charge in [0.25, 0.3) is 5.56 Å². The van der Waals surface area contributed by atoms with Crippen molar-refractivity contribution in [2.75, 3.05) is 6.54 Å². The molecule has 36 heavy (non-hydrogen) atoms. The van der Waals surface area contributed by atoms with Gasteiger partial charge in [0.15, 0.2) is 0 Å². The molecule has 10 heteroatoms. The molecule has 186 valence electrons. The number of H-pyrrole nitrogens is 1. The summed E-state index contributed by atoms with van der Waals surface area (Å²) in [5.41, 5.74) is 2.80. The maximum atomic E-state index is 12.9. The molecule has 0 spiro atoms. The van der Waals surface area contributed by atoms with Gasteiger partial charge in [-0.2, -0.15) is 13.2 Å². The molecule has 0 fully saturated rings. The summed E-state index contributed by atoms with van der Waals surface area (Å²) >= 11 is 12.2. The minimum Gasteiger partial charge on any atom is -0.346 e. The molecule has 2 aromatic heterocycles. The van der Waals surface area contributed by atoms with Crippen LogP contribution in [0.15, 0.2) is 65.6 Å². The number of aromatic amines is 1. The zero-order valence-corrected chi connectivity index (χ0v) is 20.5. The molecule has 0 atom stereocenters. The van der Waals surface area contributed by atoms with Gasteiger partial charge in [-0.3, -0.25) is 9.69 Å².